The van der Waals surface area contributed by atoms with Gasteiger partial charge in [-0.25, -0.2) is 4.39 Å². The number of aliphatic hydroxyl groups excluding tert-OH is 1. The van der Waals surface area contributed by atoms with E-state index in [0.29, 0.717) is 11.5 Å². The topological polar surface area (TPSA) is 29.5 Å². The van der Waals surface area contributed by atoms with E-state index < -0.39 is 0 Å². The van der Waals surface area contributed by atoms with Crippen molar-refractivity contribution in [2.45, 2.75) is 4.90 Å². The smallest absolute Gasteiger partial charge is 0.132 e. The minimum atomic E-state index is -0.291. The lowest BCUT2D eigenvalue weighted by Crippen LogP contribution is -1.90. The summed E-state index contributed by atoms with van der Waals surface area (Å²) in [5, 5.41) is 8.61. The molecule has 0 bridgehead atoms. The highest BCUT2D eigenvalue weighted by molar-refractivity contribution is 7.99. The quantitative estimate of drug-likeness (QED) is 0.756. The van der Waals surface area contributed by atoms with E-state index in [-0.39, 0.29) is 12.4 Å². The molecule has 4 heteroatoms. The van der Waals surface area contributed by atoms with Gasteiger partial charge in [0.2, 0.25) is 0 Å². The normalized spacial score (nSPS) is 10.1. The number of halogens is 1. The van der Waals surface area contributed by atoms with Crippen LogP contribution in [0.2, 0.25) is 0 Å². The summed E-state index contributed by atoms with van der Waals surface area (Å²) in [5.74, 6) is 0.890. The van der Waals surface area contributed by atoms with Crippen molar-refractivity contribution in [3.05, 3.63) is 24.0 Å². The number of thioether (sulfide) groups is 1. The predicted octanol–water partition coefficient (Wildman–Crippen LogP) is 1.92. The molecule has 13 heavy (non-hydrogen) atoms. The van der Waals surface area contributed by atoms with Gasteiger partial charge in [0.25, 0.3) is 0 Å². The van der Waals surface area contributed by atoms with Crippen LogP contribution >= 0.6 is 11.8 Å². The van der Waals surface area contributed by atoms with Gasteiger partial charge < -0.3 is 9.84 Å². The number of hydrogen-bond acceptors (Lipinski definition) is 3. The molecular formula is C9H11FO2S. The van der Waals surface area contributed by atoms with Crippen molar-refractivity contribution in [2.24, 2.45) is 0 Å². The molecule has 1 aromatic rings. The minimum absolute atomic E-state index is 0.0737. The molecule has 2 nitrogen and oxygen atoms in total. The van der Waals surface area contributed by atoms with Crippen LogP contribution < -0.4 is 4.74 Å². The number of aliphatic hydroxyl groups is 1. The Bertz CT molecular complexity index is 278. The number of benzene rings is 1. The second-order valence-electron chi connectivity index (χ2n) is 2.37. The van der Waals surface area contributed by atoms with Crippen LogP contribution in [0.3, 0.4) is 0 Å². The van der Waals surface area contributed by atoms with Crippen LogP contribution in [0.1, 0.15) is 0 Å². The first-order valence-corrected chi connectivity index (χ1v) is 4.83. The van der Waals surface area contributed by atoms with E-state index in [4.69, 9.17) is 9.84 Å². The molecule has 1 rings (SSSR count). The van der Waals surface area contributed by atoms with E-state index in [9.17, 15) is 4.39 Å². The summed E-state index contributed by atoms with van der Waals surface area (Å²) in [6, 6.07) is 4.33. The molecule has 0 atom stereocenters. The molecule has 0 saturated heterocycles. The van der Waals surface area contributed by atoms with E-state index in [1.54, 1.807) is 6.07 Å². The predicted molar refractivity (Wildman–Crippen MR) is 50.8 cm³/mol. The number of methoxy groups -OCH3 is 1. The van der Waals surface area contributed by atoms with Crippen LogP contribution in [-0.4, -0.2) is 24.6 Å². The molecule has 0 spiro atoms. The molecule has 1 N–H and O–H groups in total. The largest absolute Gasteiger partial charge is 0.496 e. The van der Waals surface area contributed by atoms with Crippen molar-refractivity contribution in [1.82, 2.24) is 0 Å². The molecule has 0 heterocycles. The average Bonchev–Trinajstić information content (AvgIpc) is 2.15. The molecule has 0 amide bonds. The zero-order valence-corrected chi connectivity index (χ0v) is 8.10. The Morgan fingerprint density at radius 3 is 2.92 bits per heavy atom. The van der Waals surface area contributed by atoms with E-state index >= 15 is 0 Å². The first-order chi connectivity index (χ1) is 6.27. The van der Waals surface area contributed by atoms with Gasteiger partial charge in [-0.15, -0.1) is 11.8 Å². The molecule has 0 saturated carbocycles. The Kier molecular flexibility index (Phi) is 4.05. The van der Waals surface area contributed by atoms with Gasteiger partial charge in [-0.05, 0) is 18.2 Å². The average molecular weight is 202 g/mol. The van der Waals surface area contributed by atoms with E-state index in [2.05, 4.69) is 0 Å². The van der Waals surface area contributed by atoms with E-state index in [1.807, 2.05) is 0 Å². The third-order valence-corrected chi connectivity index (χ3v) is 2.49. The zero-order chi connectivity index (χ0) is 9.68. The Labute approximate surface area is 80.7 Å². The highest BCUT2D eigenvalue weighted by Gasteiger charge is 2.04. The van der Waals surface area contributed by atoms with Crippen molar-refractivity contribution < 1.29 is 14.2 Å². The summed E-state index contributed by atoms with van der Waals surface area (Å²) >= 11 is 1.37. The van der Waals surface area contributed by atoms with Gasteiger partial charge in [0.1, 0.15) is 11.6 Å². The van der Waals surface area contributed by atoms with Crippen molar-refractivity contribution >= 4 is 11.8 Å². The molecule has 1 aromatic carbocycles. The van der Waals surface area contributed by atoms with Crippen LogP contribution in [0.15, 0.2) is 23.1 Å². The molecule has 0 aromatic heterocycles. The molecule has 72 valence electrons. The van der Waals surface area contributed by atoms with Crippen LogP contribution in [-0.2, 0) is 0 Å². The molecule has 0 unspecified atom stereocenters. The van der Waals surface area contributed by atoms with Gasteiger partial charge in [-0.3, -0.25) is 0 Å². The Balaban J connectivity index is 2.81. The summed E-state index contributed by atoms with van der Waals surface area (Å²) in [6.45, 7) is 0.0737. The summed E-state index contributed by atoms with van der Waals surface area (Å²) in [6.07, 6.45) is 0. The second-order valence-corrected chi connectivity index (χ2v) is 3.50. The van der Waals surface area contributed by atoms with Crippen molar-refractivity contribution in [2.75, 3.05) is 19.5 Å². The van der Waals surface area contributed by atoms with Gasteiger partial charge in [-0.2, -0.15) is 0 Å². The summed E-state index contributed by atoms with van der Waals surface area (Å²) in [7, 11) is 1.54. The Morgan fingerprint density at radius 1 is 1.54 bits per heavy atom. The lowest BCUT2D eigenvalue weighted by Gasteiger charge is -2.06. The number of ether oxygens (including phenoxy) is 1. The summed E-state index contributed by atoms with van der Waals surface area (Å²) in [5.41, 5.74) is 0. The number of hydrogen-bond donors (Lipinski definition) is 1. The van der Waals surface area contributed by atoms with Crippen molar-refractivity contribution in [1.29, 1.82) is 0 Å². The monoisotopic (exact) mass is 202 g/mol. The zero-order valence-electron chi connectivity index (χ0n) is 7.29. The fraction of sp³-hybridized carbons (Fsp3) is 0.333. The van der Waals surface area contributed by atoms with Crippen LogP contribution in [0.4, 0.5) is 4.39 Å². The minimum Gasteiger partial charge on any atom is -0.496 e. The molecule has 0 aliphatic carbocycles. The third-order valence-electron chi connectivity index (χ3n) is 1.47. The van der Waals surface area contributed by atoms with E-state index in [1.165, 1.54) is 31.0 Å². The van der Waals surface area contributed by atoms with Crippen molar-refractivity contribution in [3.63, 3.8) is 0 Å². The maximum absolute atomic E-state index is 12.8. The first kappa shape index (κ1) is 10.3. The lowest BCUT2D eigenvalue weighted by atomic mass is 10.3. The highest BCUT2D eigenvalue weighted by Crippen LogP contribution is 2.29. The summed E-state index contributed by atoms with van der Waals surface area (Å²) < 4.78 is 17.8. The van der Waals surface area contributed by atoms with Gasteiger partial charge in [-0.1, -0.05) is 0 Å². The lowest BCUT2D eigenvalue weighted by molar-refractivity contribution is 0.322. The molecule has 0 aliphatic heterocycles. The standard InChI is InChI=1S/C9H11FO2S/c1-12-8-3-2-7(10)6-9(8)13-5-4-11/h2-3,6,11H,4-5H2,1H3. The van der Waals surface area contributed by atoms with Crippen LogP contribution in [0.25, 0.3) is 0 Å². The van der Waals surface area contributed by atoms with Crippen LogP contribution in [0, 0.1) is 5.82 Å². The maximum Gasteiger partial charge on any atom is 0.132 e. The van der Waals surface area contributed by atoms with E-state index in [0.717, 1.165) is 4.90 Å². The van der Waals surface area contributed by atoms with Crippen LogP contribution in [0.5, 0.6) is 5.75 Å². The fourth-order valence-corrected chi connectivity index (χ4v) is 1.72. The third kappa shape index (κ3) is 2.90. The summed E-state index contributed by atoms with van der Waals surface area (Å²) in [4.78, 5) is 0.719. The van der Waals surface area contributed by atoms with Gasteiger partial charge in [0.15, 0.2) is 0 Å². The van der Waals surface area contributed by atoms with Gasteiger partial charge in [0.05, 0.1) is 18.6 Å². The van der Waals surface area contributed by atoms with Gasteiger partial charge in [0, 0.05) is 5.75 Å². The second kappa shape index (κ2) is 5.09. The molecular weight excluding hydrogens is 191 g/mol. The van der Waals surface area contributed by atoms with Crippen molar-refractivity contribution in [3.8, 4) is 5.75 Å². The Hall–Kier alpha value is -0.740. The molecule has 0 aliphatic rings. The fourth-order valence-electron chi connectivity index (χ4n) is 0.919. The first-order valence-electron chi connectivity index (χ1n) is 3.85. The van der Waals surface area contributed by atoms with Gasteiger partial charge >= 0.3 is 0 Å². The SMILES string of the molecule is COc1ccc(F)cc1SCCO. The highest BCUT2D eigenvalue weighted by atomic mass is 32.2. The molecule has 0 radical (unpaired) electrons. The maximum atomic E-state index is 12.8. The molecule has 0 fully saturated rings. The number of rotatable bonds is 4. The Morgan fingerprint density at radius 2 is 2.31 bits per heavy atom.